The Kier molecular flexibility index (Phi) is 4.83. The van der Waals surface area contributed by atoms with E-state index in [1.807, 2.05) is 22.7 Å². The number of hydrogen-bond acceptors (Lipinski definition) is 4. The van der Waals surface area contributed by atoms with Crippen LogP contribution in [-0.2, 0) is 11.3 Å². The van der Waals surface area contributed by atoms with Crippen LogP contribution in [-0.4, -0.2) is 52.0 Å². The van der Waals surface area contributed by atoms with E-state index >= 15 is 0 Å². The Labute approximate surface area is 184 Å². The molecule has 0 unspecified atom stereocenters. The number of nitrogens with zero attached hydrogens (tertiary/aromatic N) is 3. The molecular weight excluding hydrogens is 388 g/mol. The predicted octanol–water partition coefficient (Wildman–Crippen LogP) is 3.64. The van der Waals surface area contributed by atoms with Crippen LogP contribution >= 0.6 is 0 Å². The van der Waals surface area contributed by atoms with Crippen LogP contribution in [0.15, 0.2) is 24.4 Å². The number of hydrogen-bond donors (Lipinski definition) is 1. The van der Waals surface area contributed by atoms with E-state index in [0.717, 1.165) is 80.7 Å². The number of aromatic nitrogens is 2. The SMILES string of the molecule is COC1CCN(Cc2nc(C(=O)NC34CC5CC(CC(C5)C3)C4)n3ccccc23)CC1. The zero-order valence-electron chi connectivity index (χ0n) is 18.6. The number of carbonyl (C=O) groups excluding carboxylic acids is 1. The number of fused-ring (bicyclic) bond motifs is 1. The second-order valence-corrected chi connectivity index (χ2v) is 10.7. The molecule has 0 atom stereocenters. The molecule has 5 fully saturated rings. The van der Waals surface area contributed by atoms with Crippen molar-refractivity contribution in [3.8, 4) is 0 Å². The Morgan fingerprint density at radius 2 is 1.81 bits per heavy atom. The Bertz CT molecular complexity index is 940. The molecule has 0 radical (unpaired) electrons. The standard InChI is InChI=1S/C25H34N4O2/c1-31-20-5-8-28(9-6-20)16-21-22-4-2-3-7-29(22)23(26-21)24(30)27-25-13-17-10-18(14-25)12-19(11-17)15-25/h2-4,7,17-20H,5-6,8-16H2,1H3,(H,27,30). The van der Waals surface area contributed by atoms with E-state index in [-0.39, 0.29) is 11.4 Å². The topological polar surface area (TPSA) is 58.9 Å². The van der Waals surface area contributed by atoms with Crippen molar-refractivity contribution in [2.45, 2.75) is 69.6 Å². The zero-order chi connectivity index (χ0) is 21.0. The molecule has 4 bridgehead atoms. The third kappa shape index (κ3) is 3.58. The van der Waals surface area contributed by atoms with E-state index < -0.39 is 0 Å². The van der Waals surface area contributed by atoms with E-state index in [9.17, 15) is 4.79 Å². The molecule has 1 saturated heterocycles. The minimum absolute atomic E-state index is 0.00694. The van der Waals surface area contributed by atoms with Gasteiger partial charge in [-0.05, 0) is 81.3 Å². The van der Waals surface area contributed by atoms with Gasteiger partial charge in [-0.15, -0.1) is 0 Å². The number of rotatable bonds is 5. The first-order valence-electron chi connectivity index (χ1n) is 12.1. The summed E-state index contributed by atoms with van der Waals surface area (Å²) in [7, 11) is 1.80. The number of methoxy groups -OCH3 is 1. The minimum atomic E-state index is 0.00694. The van der Waals surface area contributed by atoms with Gasteiger partial charge in [0.25, 0.3) is 5.91 Å². The summed E-state index contributed by atoms with van der Waals surface area (Å²) in [5.74, 6) is 3.00. The van der Waals surface area contributed by atoms with Crippen LogP contribution in [0.2, 0.25) is 0 Å². The molecule has 166 valence electrons. The van der Waals surface area contributed by atoms with Gasteiger partial charge in [-0.1, -0.05) is 6.07 Å². The highest BCUT2D eigenvalue weighted by molar-refractivity contribution is 5.92. The van der Waals surface area contributed by atoms with Gasteiger partial charge in [-0.3, -0.25) is 14.1 Å². The molecule has 1 N–H and O–H groups in total. The maximum Gasteiger partial charge on any atom is 0.288 e. The van der Waals surface area contributed by atoms with Crippen LogP contribution in [0.1, 0.15) is 67.7 Å². The van der Waals surface area contributed by atoms with Gasteiger partial charge in [0.1, 0.15) is 0 Å². The lowest BCUT2D eigenvalue weighted by molar-refractivity contribution is -0.0169. The monoisotopic (exact) mass is 422 g/mol. The van der Waals surface area contributed by atoms with Crippen LogP contribution in [0, 0.1) is 17.8 Å². The van der Waals surface area contributed by atoms with Crippen LogP contribution in [0.3, 0.4) is 0 Å². The summed E-state index contributed by atoms with van der Waals surface area (Å²) in [6.45, 7) is 2.81. The lowest BCUT2D eigenvalue weighted by atomic mass is 9.53. The number of carbonyl (C=O) groups is 1. The van der Waals surface area contributed by atoms with Gasteiger partial charge in [0.2, 0.25) is 5.82 Å². The maximum absolute atomic E-state index is 13.5. The van der Waals surface area contributed by atoms with Gasteiger partial charge in [0, 0.05) is 38.5 Å². The average Bonchev–Trinajstić information content (AvgIpc) is 3.12. The Balaban J connectivity index is 1.24. The highest BCUT2D eigenvalue weighted by Crippen LogP contribution is 2.55. The van der Waals surface area contributed by atoms with Gasteiger partial charge >= 0.3 is 0 Å². The molecule has 4 aliphatic carbocycles. The van der Waals surface area contributed by atoms with Crippen molar-refractivity contribution in [3.05, 3.63) is 35.9 Å². The third-order valence-corrected chi connectivity index (χ3v) is 8.49. The maximum atomic E-state index is 13.5. The quantitative estimate of drug-likeness (QED) is 0.799. The summed E-state index contributed by atoms with van der Waals surface area (Å²) in [5.41, 5.74) is 2.06. The summed E-state index contributed by atoms with van der Waals surface area (Å²) >= 11 is 0. The van der Waals surface area contributed by atoms with E-state index in [1.165, 1.54) is 19.3 Å². The van der Waals surface area contributed by atoms with E-state index in [2.05, 4.69) is 16.3 Å². The molecular formula is C25H34N4O2. The van der Waals surface area contributed by atoms with E-state index in [4.69, 9.17) is 9.72 Å². The van der Waals surface area contributed by atoms with Gasteiger partial charge in [0.05, 0.1) is 17.3 Å². The Morgan fingerprint density at radius 3 is 2.45 bits per heavy atom. The summed E-state index contributed by atoms with van der Waals surface area (Å²) < 4.78 is 7.50. The number of amides is 1. The van der Waals surface area contributed by atoms with Crippen LogP contribution in [0.25, 0.3) is 5.52 Å². The van der Waals surface area contributed by atoms with Crippen LogP contribution < -0.4 is 5.32 Å². The molecule has 5 aliphatic rings. The zero-order valence-corrected chi connectivity index (χ0v) is 18.6. The summed E-state index contributed by atoms with van der Waals surface area (Å²) in [6, 6.07) is 6.12. The fourth-order valence-corrected chi connectivity index (χ4v) is 7.45. The molecule has 3 heterocycles. The van der Waals surface area contributed by atoms with Crippen molar-refractivity contribution in [1.29, 1.82) is 0 Å². The normalized spacial score (nSPS) is 33.3. The molecule has 1 amide bonds. The first kappa shape index (κ1) is 19.7. The van der Waals surface area contributed by atoms with Gasteiger partial charge < -0.3 is 10.1 Å². The van der Waals surface area contributed by atoms with Crippen LogP contribution in [0.4, 0.5) is 0 Å². The smallest absolute Gasteiger partial charge is 0.288 e. The lowest BCUT2D eigenvalue weighted by Gasteiger charge is -2.56. The number of pyridine rings is 1. The summed E-state index contributed by atoms with van der Waals surface area (Å²) in [5, 5.41) is 3.51. The largest absolute Gasteiger partial charge is 0.381 e. The highest BCUT2D eigenvalue weighted by Gasteiger charge is 2.51. The van der Waals surface area contributed by atoms with Crippen molar-refractivity contribution in [3.63, 3.8) is 0 Å². The summed E-state index contributed by atoms with van der Waals surface area (Å²) in [6.07, 6.45) is 12.1. The predicted molar refractivity (Wildman–Crippen MR) is 119 cm³/mol. The van der Waals surface area contributed by atoms with Gasteiger partial charge in [-0.25, -0.2) is 4.98 Å². The van der Waals surface area contributed by atoms with Gasteiger partial charge in [0.15, 0.2) is 0 Å². The molecule has 4 saturated carbocycles. The molecule has 6 heteroatoms. The van der Waals surface area contributed by atoms with Gasteiger partial charge in [-0.2, -0.15) is 0 Å². The third-order valence-electron chi connectivity index (χ3n) is 8.49. The van der Waals surface area contributed by atoms with Crippen molar-refractivity contribution in [2.24, 2.45) is 17.8 Å². The van der Waals surface area contributed by atoms with Crippen LogP contribution in [0.5, 0.6) is 0 Å². The summed E-state index contributed by atoms with van der Waals surface area (Å²) in [4.78, 5) is 20.8. The van der Waals surface area contributed by atoms with Crippen molar-refractivity contribution < 1.29 is 9.53 Å². The second-order valence-electron chi connectivity index (χ2n) is 10.7. The fourth-order valence-electron chi connectivity index (χ4n) is 7.45. The molecule has 2 aromatic rings. The van der Waals surface area contributed by atoms with Crippen molar-refractivity contribution in [1.82, 2.24) is 19.6 Å². The van der Waals surface area contributed by atoms with E-state index in [1.54, 1.807) is 7.11 Å². The minimum Gasteiger partial charge on any atom is -0.381 e. The highest BCUT2D eigenvalue weighted by atomic mass is 16.5. The molecule has 7 rings (SSSR count). The van der Waals surface area contributed by atoms with Crippen molar-refractivity contribution in [2.75, 3.05) is 20.2 Å². The first-order chi connectivity index (χ1) is 15.1. The molecule has 0 spiro atoms. The second kappa shape index (κ2) is 7.59. The first-order valence-corrected chi connectivity index (χ1v) is 12.1. The molecule has 6 nitrogen and oxygen atoms in total. The number of likely N-dealkylation sites (tertiary alicyclic amines) is 1. The fraction of sp³-hybridized carbons (Fsp3) is 0.680. The number of nitrogens with one attached hydrogen (secondary N) is 1. The number of piperidine rings is 1. The molecule has 1 aliphatic heterocycles. The molecule has 0 aromatic carbocycles. The number of imidazole rings is 1. The lowest BCUT2D eigenvalue weighted by Crippen LogP contribution is -2.60. The molecule has 2 aromatic heterocycles. The van der Waals surface area contributed by atoms with E-state index in [0.29, 0.717) is 11.9 Å². The molecule has 31 heavy (non-hydrogen) atoms. The Morgan fingerprint density at radius 1 is 1.13 bits per heavy atom. The average molecular weight is 423 g/mol. The Hall–Kier alpha value is -1.92. The van der Waals surface area contributed by atoms with Crippen molar-refractivity contribution >= 4 is 11.4 Å². The number of ether oxygens (including phenoxy) is 1.